The molecule has 1 amide bonds. The average molecular weight is 719 g/mol. The Bertz CT molecular complexity index is 1810. The molecule has 2 atom stereocenters. The number of carbonyl (C=O) groups is 1. The zero-order chi connectivity index (χ0) is 32.9. The van der Waals surface area contributed by atoms with Crippen molar-refractivity contribution in [3.63, 3.8) is 0 Å². The van der Waals surface area contributed by atoms with Gasteiger partial charge < -0.3 is 14.6 Å². The van der Waals surface area contributed by atoms with Crippen LogP contribution < -0.4 is 15.6 Å². The number of benzene rings is 4. The van der Waals surface area contributed by atoms with Gasteiger partial charge in [0.1, 0.15) is 5.75 Å². The minimum atomic E-state index is -3.76. The molecule has 0 bridgehead atoms. The fraction of sp³-hybridized carbons (Fsp3) is 0.278. The summed E-state index contributed by atoms with van der Waals surface area (Å²) in [5.41, 5.74) is 8.25. The molecule has 0 fully saturated rings. The number of halogens is 1. The zero-order valence-electron chi connectivity index (χ0n) is 25.6. The van der Waals surface area contributed by atoms with Gasteiger partial charge >= 0.3 is 0 Å². The minimum Gasteiger partial charge on any atom is -0.494 e. The van der Waals surface area contributed by atoms with Crippen LogP contribution in [0.25, 0.3) is 0 Å². The van der Waals surface area contributed by atoms with Gasteiger partial charge in [0.15, 0.2) is 21.5 Å². The average Bonchev–Trinajstić information content (AvgIpc) is 3.70. The SMILES string of the molecule is O=C(NNC1Cc2ccccc2C1)[C@@]1(CCS(=O)(=O)c2ccccc2)N=C(c2ccc(OCCCO)cc2)O[C@H]1c1ccc(Br)cc1. The number of carbonyl (C=O) groups excluding carboxylic acids is 1. The van der Waals surface area contributed by atoms with Crippen molar-refractivity contribution in [2.75, 3.05) is 19.0 Å². The molecule has 3 N–H and O–H groups in total. The molecule has 4 aromatic carbocycles. The number of hydrazine groups is 1. The lowest BCUT2D eigenvalue weighted by molar-refractivity contribution is -0.130. The number of ether oxygens (including phenoxy) is 2. The molecule has 1 heterocycles. The smallest absolute Gasteiger partial charge is 0.266 e. The maximum Gasteiger partial charge on any atom is 0.266 e. The lowest BCUT2D eigenvalue weighted by Gasteiger charge is -2.31. The van der Waals surface area contributed by atoms with E-state index in [1.54, 1.807) is 54.6 Å². The third-order valence-corrected chi connectivity index (χ3v) is 10.8. The summed E-state index contributed by atoms with van der Waals surface area (Å²) < 4.78 is 40.2. The molecular weight excluding hydrogens is 682 g/mol. The Kier molecular flexibility index (Phi) is 10.1. The normalized spacial score (nSPS) is 19.1. The number of fused-ring (bicyclic) bond motifs is 1. The van der Waals surface area contributed by atoms with Crippen LogP contribution in [0.5, 0.6) is 5.75 Å². The zero-order valence-corrected chi connectivity index (χ0v) is 28.0. The highest BCUT2D eigenvalue weighted by atomic mass is 79.9. The fourth-order valence-electron chi connectivity index (χ4n) is 5.98. The van der Waals surface area contributed by atoms with Crippen molar-refractivity contribution < 1.29 is 27.8 Å². The van der Waals surface area contributed by atoms with Crippen LogP contribution in [0.2, 0.25) is 0 Å². The van der Waals surface area contributed by atoms with E-state index in [2.05, 4.69) is 38.9 Å². The second-order valence-corrected chi connectivity index (χ2v) is 14.7. The molecule has 0 saturated carbocycles. The fourth-order valence-corrected chi connectivity index (χ4v) is 7.63. The van der Waals surface area contributed by atoms with Crippen LogP contribution in [0.15, 0.2) is 117 Å². The molecule has 6 rings (SSSR count). The van der Waals surface area contributed by atoms with Gasteiger partial charge in [-0.3, -0.25) is 10.2 Å². The van der Waals surface area contributed by atoms with Crippen LogP contribution in [0.3, 0.4) is 0 Å². The van der Waals surface area contributed by atoms with Gasteiger partial charge in [0, 0.05) is 35.5 Å². The first-order chi connectivity index (χ1) is 22.8. The summed E-state index contributed by atoms with van der Waals surface area (Å²) in [6.45, 7) is 0.407. The highest BCUT2D eigenvalue weighted by Gasteiger charge is 2.54. The van der Waals surface area contributed by atoms with Crippen LogP contribution in [0.1, 0.15) is 41.2 Å². The third-order valence-electron chi connectivity index (χ3n) is 8.50. The number of nitrogens with zero attached hydrogens (tertiary/aromatic N) is 1. The number of nitrogens with one attached hydrogen (secondary N) is 2. The van der Waals surface area contributed by atoms with E-state index in [1.807, 2.05) is 36.4 Å². The highest BCUT2D eigenvalue weighted by Crippen LogP contribution is 2.43. The van der Waals surface area contributed by atoms with Crippen LogP contribution >= 0.6 is 15.9 Å². The predicted molar refractivity (Wildman–Crippen MR) is 183 cm³/mol. The first kappa shape index (κ1) is 32.9. The van der Waals surface area contributed by atoms with E-state index in [-0.39, 0.29) is 35.6 Å². The molecule has 47 heavy (non-hydrogen) atoms. The number of hydrogen-bond acceptors (Lipinski definition) is 8. The largest absolute Gasteiger partial charge is 0.494 e. The quantitative estimate of drug-likeness (QED) is 0.130. The summed E-state index contributed by atoms with van der Waals surface area (Å²) in [4.78, 5) is 19.6. The number of aliphatic hydroxyl groups excluding tert-OH is 1. The summed E-state index contributed by atoms with van der Waals surface area (Å²) in [5, 5.41) is 9.07. The Hall–Kier alpha value is -4.03. The maximum absolute atomic E-state index is 14.5. The summed E-state index contributed by atoms with van der Waals surface area (Å²) in [5.74, 6) is 0.0262. The topological polar surface area (TPSA) is 126 Å². The van der Waals surface area contributed by atoms with Gasteiger partial charge in [-0.25, -0.2) is 18.8 Å². The molecule has 0 radical (unpaired) electrons. The van der Waals surface area contributed by atoms with Gasteiger partial charge in [0.2, 0.25) is 5.90 Å². The van der Waals surface area contributed by atoms with Crippen molar-refractivity contribution >= 4 is 37.6 Å². The summed E-state index contributed by atoms with van der Waals surface area (Å²) in [6.07, 6.45) is 0.964. The Balaban J connectivity index is 1.34. The predicted octanol–water partition coefficient (Wildman–Crippen LogP) is 5.12. The molecule has 244 valence electrons. The van der Waals surface area contributed by atoms with Crippen LogP contribution in [-0.4, -0.2) is 55.9 Å². The Morgan fingerprint density at radius 3 is 2.26 bits per heavy atom. The first-order valence-corrected chi connectivity index (χ1v) is 18.0. The minimum absolute atomic E-state index is 0.0308. The molecule has 0 saturated heterocycles. The first-order valence-electron chi connectivity index (χ1n) is 15.5. The number of hydrogen-bond donors (Lipinski definition) is 3. The molecule has 4 aromatic rings. The van der Waals surface area contributed by atoms with Gasteiger partial charge in [-0.1, -0.05) is 70.5 Å². The van der Waals surface area contributed by atoms with E-state index in [4.69, 9.17) is 19.6 Å². The van der Waals surface area contributed by atoms with Crippen molar-refractivity contribution in [2.24, 2.45) is 4.99 Å². The second-order valence-electron chi connectivity index (χ2n) is 11.7. The van der Waals surface area contributed by atoms with Crippen LogP contribution in [0, 0.1) is 0 Å². The standard InChI is InChI=1S/C36H36BrN3O6S/c37-29-15-11-25(12-16-29)33-36(19-22-47(43,44)32-9-2-1-3-10-32,35(42)40-39-30-23-27-7-4-5-8-28(27)24-30)38-34(46-33)26-13-17-31(18-14-26)45-21-6-20-41/h1-5,7-18,30,33,39,41H,6,19-24H2,(H,40,42)/t33-,36-/m0/s1. The molecule has 1 aliphatic heterocycles. The summed E-state index contributed by atoms with van der Waals surface area (Å²) in [6, 6.07) is 30.9. The molecule has 11 heteroatoms. The molecular formula is C36H36BrN3O6S. The molecule has 0 spiro atoms. The third kappa shape index (κ3) is 7.43. The number of aliphatic hydroxyl groups is 1. The number of aliphatic imine (C=N–C) groups is 1. The van der Waals surface area contributed by atoms with Crippen molar-refractivity contribution in [2.45, 2.75) is 48.3 Å². The van der Waals surface area contributed by atoms with E-state index in [0.717, 1.165) is 17.3 Å². The lowest BCUT2D eigenvalue weighted by atomic mass is 9.85. The number of rotatable bonds is 13. The Morgan fingerprint density at radius 1 is 0.936 bits per heavy atom. The monoisotopic (exact) mass is 717 g/mol. The number of sulfone groups is 1. The van der Waals surface area contributed by atoms with E-state index < -0.39 is 27.4 Å². The van der Waals surface area contributed by atoms with Crippen LogP contribution in [0.4, 0.5) is 0 Å². The van der Waals surface area contributed by atoms with Gasteiger partial charge in [0.05, 0.1) is 17.3 Å². The van der Waals surface area contributed by atoms with Gasteiger partial charge in [-0.15, -0.1) is 0 Å². The van der Waals surface area contributed by atoms with Crippen molar-refractivity contribution in [1.82, 2.24) is 10.9 Å². The second kappa shape index (κ2) is 14.4. The van der Waals surface area contributed by atoms with E-state index in [9.17, 15) is 13.2 Å². The Morgan fingerprint density at radius 2 is 1.60 bits per heavy atom. The molecule has 2 aliphatic rings. The summed E-state index contributed by atoms with van der Waals surface area (Å²) >= 11 is 3.48. The van der Waals surface area contributed by atoms with E-state index >= 15 is 0 Å². The Labute approximate surface area is 283 Å². The van der Waals surface area contributed by atoms with Crippen LogP contribution in [-0.2, 0) is 32.2 Å². The van der Waals surface area contributed by atoms with Crippen molar-refractivity contribution in [3.8, 4) is 5.75 Å². The van der Waals surface area contributed by atoms with E-state index in [1.165, 1.54) is 11.1 Å². The molecule has 1 aliphatic carbocycles. The lowest BCUT2D eigenvalue weighted by Crippen LogP contribution is -2.55. The highest BCUT2D eigenvalue weighted by molar-refractivity contribution is 9.10. The maximum atomic E-state index is 14.5. The van der Waals surface area contributed by atoms with Gasteiger partial charge in [-0.05, 0) is 78.1 Å². The van der Waals surface area contributed by atoms with Gasteiger partial charge in [0.25, 0.3) is 5.91 Å². The van der Waals surface area contributed by atoms with Crippen molar-refractivity contribution in [3.05, 3.63) is 130 Å². The van der Waals surface area contributed by atoms with E-state index in [0.29, 0.717) is 29.9 Å². The van der Waals surface area contributed by atoms with Crippen molar-refractivity contribution in [1.29, 1.82) is 0 Å². The molecule has 9 nitrogen and oxygen atoms in total. The van der Waals surface area contributed by atoms with Gasteiger partial charge in [-0.2, -0.15) is 0 Å². The number of amides is 1. The summed E-state index contributed by atoms with van der Waals surface area (Å²) in [7, 11) is -3.76. The molecule has 0 aromatic heterocycles. The molecule has 0 unspecified atom stereocenters.